The standard InChI is InChI=1S/C24H25F6N3S/c1-5-31-15(3)33-13-17-12-19(34-4)10-11-20(17)21(33)14(2)32-18-8-6-16(7-9-18)22(23(25,26)27)24(28,29)30/h6-12,21-22,31-32H,2-3,5,13H2,1,4H3. The van der Waals surface area contributed by atoms with E-state index in [-0.39, 0.29) is 6.04 Å². The van der Waals surface area contributed by atoms with Gasteiger partial charge in [-0.05, 0) is 54.1 Å². The fourth-order valence-electron chi connectivity index (χ4n) is 4.06. The van der Waals surface area contributed by atoms with E-state index < -0.39 is 23.8 Å². The van der Waals surface area contributed by atoms with E-state index in [9.17, 15) is 26.3 Å². The van der Waals surface area contributed by atoms with Gasteiger partial charge < -0.3 is 15.5 Å². The molecular formula is C24H25F6N3S. The smallest absolute Gasteiger partial charge is 0.372 e. The minimum absolute atomic E-state index is 0.324. The lowest BCUT2D eigenvalue weighted by Gasteiger charge is -2.31. The van der Waals surface area contributed by atoms with Gasteiger partial charge in [-0.15, -0.1) is 11.8 Å². The molecule has 0 aromatic heterocycles. The summed E-state index contributed by atoms with van der Waals surface area (Å²) in [6.45, 7) is 11.4. The first-order chi connectivity index (χ1) is 15.9. The molecule has 0 fully saturated rings. The zero-order valence-electron chi connectivity index (χ0n) is 18.6. The van der Waals surface area contributed by atoms with Gasteiger partial charge in [0.05, 0.1) is 11.9 Å². The first-order valence-corrected chi connectivity index (χ1v) is 11.6. The van der Waals surface area contributed by atoms with Gasteiger partial charge in [0.1, 0.15) is 0 Å². The van der Waals surface area contributed by atoms with Crippen molar-refractivity contribution >= 4 is 17.4 Å². The lowest BCUT2D eigenvalue weighted by atomic mass is 9.97. The summed E-state index contributed by atoms with van der Waals surface area (Å²) in [5.41, 5.74) is 2.08. The first kappa shape index (κ1) is 25.9. The van der Waals surface area contributed by atoms with Gasteiger partial charge in [-0.1, -0.05) is 31.4 Å². The molecule has 2 aromatic rings. The van der Waals surface area contributed by atoms with Crippen LogP contribution < -0.4 is 10.6 Å². The van der Waals surface area contributed by atoms with Crippen LogP contribution in [-0.4, -0.2) is 30.1 Å². The number of nitrogens with one attached hydrogen (secondary N) is 2. The molecule has 3 nitrogen and oxygen atoms in total. The highest BCUT2D eigenvalue weighted by Crippen LogP contribution is 2.46. The lowest BCUT2D eigenvalue weighted by Crippen LogP contribution is -2.34. The molecule has 10 heteroatoms. The number of rotatable bonds is 8. The van der Waals surface area contributed by atoms with E-state index in [1.54, 1.807) is 11.8 Å². The number of benzene rings is 2. The summed E-state index contributed by atoms with van der Waals surface area (Å²) in [5, 5.41) is 6.24. The summed E-state index contributed by atoms with van der Waals surface area (Å²) < 4.78 is 78.1. The maximum Gasteiger partial charge on any atom is 0.404 e. The van der Waals surface area contributed by atoms with Crippen LogP contribution in [0.1, 0.15) is 35.6 Å². The minimum Gasteiger partial charge on any atom is -0.372 e. The van der Waals surface area contributed by atoms with E-state index in [1.807, 2.05) is 30.2 Å². The predicted molar refractivity (Wildman–Crippen MR) is 123 cm³/mol. The van der Waals surface area contributed by atoms with Crippen molar-refractivity contribution in [1.29, 1.82) is 0 Å². The van der Waals surface area contributed by atoms with Crippen molar-refractivity contribution in [2.75, 3.05) is 18.1 Å². The summed E-state index contributed by atoms with van der Waals surface area (Å²) in [5.74, 6) is -2.85. The third kappa shape index (κ3) is 5.48. The maximum absolute atomic E-state index is 13.0. The van der Waals surface area contributed by atoms with Crippen molar-refractivity contribution in [3.63, 3.8) is 0 Å². The number of thioether (sulfide) groups is 1. The lowest BCUT2D eigenvalue weighted by molar-refractivity contribution is -0.253. The number of hydrogen-bond donors (Lipinski definition) is 2. The van der Waals surface area contributed by atoms with Crippen molar-refractivity contribution < 1.29 is 26.3 Å². The van der Waals surface area contributed by atoms with E-state index in [4.69, 9.17) is 0 Å². The van der Waals surface area contributed by atoms with Crippen LogP contribution in [0.5, 0.6) is 0 Å². The Morgan fingerprint density at radius 2 is 1.68 bits per heavy atom. The molecule has 2 N–H and O–H groups in total. The summed E-state index contributed by atoms with van der Waals surface area (Å²) in [7, 11) is 0. The van der Waals surface area contributed by atoms with E-state index in [1.165, 1.54) is 12.1 Å². The van der Waals surface area contributed by atoms with Gasteiger partial charge in [-0.2, -0.15) is 26.3 Å². The van der Waals surface area contributed by atoms with Gasteiger partial charge in [0.25, 0.3) is 0 Å². The second kappa shape index (κ2) is 9.85. The molecule has 3 rings (SSSR count). The third-order valence-electron chi connectivity index (χ3n) is 5.56. The second-order valence-electron chi connectivity index (χ2n) is 7.86. The number of fused-ring (bicyclic) bond motifs is 1. The number of alkyl halides is 6. The van der Waals surface area contributed by atoms with Crippen molar-refractivity contribution in [3.05, 3.63) is 83.8 Å². The molecule has 1 unspecified atom stereocenters. The van der Waals surface area contributed by atoms with Gasteiger partial charge in [0.15, 0.2) is 5.92 Å². The molecular weight excluding hydrogens is 476 g/mol. The van der Waals surface area contributed by atoms with Gasteiger partial charge in [0.2, 0.25) is 0 Å². The Balaban J connectivity index is 1.86. The van der Waals surface area contributed by atoms with Crippen LogP contribution in [0.25, 0.3) is 0 Å². The zero-order valence-corrected chi connectivity index (χ0v) is 19.5. The Bertz CT molecular complexity index is 1030. The summed E-state index contributed by atoms with van der Waals surface area (Å²) in [6, 6.07) is 9.82. The van der Waals surface area contributed by atoms with Crippen LogP contribution in [-0.2, 0) is 6.54 Å². The quantitative estimate of drug-likeness (QED) is 0.296. The van der Waals surface area contributed by atoms with Gasteiger partial charge in [-0.3, -0.25) is 0 Å². The molecule has 1 atom stereocenters. The fraction of sp³-hybridized carbons (Fsp3) is 0.333. The predicted octanol–water partition coefficient (Wildman–Crippen LogP) is 7.18. The maximum atomic E-state index is 13.0. The number of anilines is 1. The second-order valence-corrected chi connectivity index (χ2v) is 8.74. The van der Waals surface area contributed by atoms with Crippen LogP contribution in [0.3, 0.4) is 0 Å². The van der Waals surface area contributed by atoms with E-state index >= 15 is 0 Å². The Labute approximate surface area is 198 Å². The Morgan fingerprint density at radius 3 is 2.21 bits per heavy atom. The van der Waals surface area contributed by atoms with E-state index in [0.717, 1.165) is 28.2 Å². The van der Waals surface area contributed by atoms with Crippen LogP contribution in [0.4, 0.5) is 32.0 Å². The molecule has 0 saturated heterocycles. The van der Waals surface area contributed by atoms with Crippen LogP contribution in [0.15, 0.2) is 72.0 Å². The molecule has 2 aromatic carbocycles. The zero-order chi connectivity index (χ0) is 25.3. The first-order valence-electron chi connectivity index (χ1n) is 10.4. The molecule has 0 saturated carbocycles. The summed E-state index contributed by atoms with van der Waals surface area (Å²) in [4.78, 5) is 3.12. The van der Waals surface area contributed by atoms with E-state index in [2.05, 4.69) is 29.9 Å². The monoisotopic (exact) mass is 501 g/mol. The topological polar surface area (TPSA) is 27.3 Å². The van der Waals surface area contributed by atoms with E-state index in [0.29, 0.717) is 30.3 Å². The summed E-state index contributed by atoms with van der Waals surface area (Å²) in [6.07, 6.45) is -8.89. The van der Waals surface area contributed by atoms with Crippen molar-refractivity contribution in [3.8, 4) is 0 Å². The molecule has 0 radical (unpaired) electrons. The molecule has 0 aliphatic carbocycles. The van der Waals surface area contributed by atoms with Gasteiger partial charge in [-0.25, -0.2) is 0 Å². The van der Waals surface area contributed by atoms with Crippen molar-refractivity contribution in [1.82, 2.24) is 10.2 Å². The van der Waals surface area contributed by atoms with Crippen molar-refractivity contribution in [2.45, 2.75) is 42.7 Å². The van der Waals surface area contributed by atoms with Gasteiger partial charge in [0, 0.05) is 29.4 Å². The Morgan fingerprint density at radius 1 is 1.06 bits per heavy atom. The largest absolute Gasteiger partial charge is 0.404 e. The molecule has 1 heterocycles. The highest BCUT2D eigenvalue weighted by Gasteiger charge is 2.57. The average Bonchev–Trinajstić information content (AvgIpc) is 3.12. The Kier molecular flexibility index (Phi) is 7.50. The summed E-state index contributed by atoms with van der Waals surface area (Å²) >= 11 is 1.62. The molecule has 34 heavy (non-hydrogen) atoms. The molecule has 0 amide bonds. The molecule has 184 valence electrons. The number of hydrogen-bond acceptors (Lipinski definition) is 4. The Hall–Kier alpha value is -2.75. The van der Waals surface area contributed by atoms with Crippen LogP contribution in [0, 0.1) is 0 Å². The highest BCUT2D eigenvalue weighted by molar-refractivity contribution is 7.98. The minimum atomic E-state index is -5.44. The third-order valence-corrected chi connectivity index (χ3v) is 6.28. The van der Waals surface area contributed by atoms with Crippen LogP contribution in [0.2, 0.25) is 0 Å². The average molecular weight is 502 g/mol. The van der Waals surface area contributed by atoms with Crippen molar-refractivity contribution in [2.24, 2.45) is 0 Å². The molecule has 1 aliphatic rings. The highest BCUT2D eigenvalue weighted by atomic mass is 32.2. The number of halogens is 6. The molecule has 0 spiro atoms. The molecule has 0 bridgehead atoms. The fourth-order valence-corrected chi connectivity index (χ4v) is 4.53. The van der Waals surface area contributed by atoms with Crippen LogP contribution >= 0.6 is 11.8 Å². The SMILES string of the molecule is C=C(Nc1ccc(C(C(F)(F)F)C(F)(F)F)cc1)C1c2ccc(SC)cc2CN1C(=C)NCC. The normalized spacial score (nSPS) is 15.9. The number of nitrogens with zero attached hydrogens (tertiary/aromatic N) is 1. The van der Waals surface area contributed by atoms with Gasteiger partial charge >= 0.3 is 12.4 Å². The molecule has 1 aliphatic heterocycles.